The number of allylic oxidation sites excluding steroid dienone is 2. The van der Waals surface area contributed by atoms with Crippen molar-refractivity contribution in [1.29, 1.82) is 0 Å². The van der Waals surface area contributed by atoms with E-state index in [2.05, 4.69) is 22.1 Å². The molecule has 0 bridgehead atoms. The monoisotopic (exact) mass is 415 g/mol. The number of hydrogen-bond acceptors (Lipinski definition) is 5. The highest BCUT2D eigenvalue weighted by Crippen LogP contribution is 2.49. The molecule has 4 atom stereocenters. The Morgan fingerprint density at radius 1 is 1.43 bits per heavy atom. The number of fused-ring (bicyclic) bond motifs is 3. The molecule has 0 amide bonds. The molecule has 4 rings (SSSR count). The van der Waals surface area contributed by atoms with E-state index < -0.39 is 19.2 Å². The summed E-state index contributed by atoms with van der Waals surface area (Å²) in [5, 5.41) is 3.62. The van der Waals surface area contributed by atoms with Gasteiger partial charge in [-0.1, -0.05) is 17.7 Å². The minimum Gasteiger partial charge on any atom is -0.479 e. The third kappa shape index (κ3) is 3.86. The van der Waals surface area contributed by atoms with Crippen LogP contribution < -0.4 is 5.32 Å². The van der Waals surface area contributed by atoms with Crippen molar-refractivity contribution in [3.8, 4) is 0 Å². The summed E-state index contributed by atoms with van der Waals surface area (Å²) in [7, 11) is 0. The molecule has 0 saturated carbocycles. The van der Waals surface area contributed by atoms with Gasteiger partial charge in [-0.2, -0.15) is 13.2 Å². The van der Waals surface area contributed by atoms with Crippen LogP contribution >= 0.6 is 11.6 Å². The van der Waals surface area contributed by atoms with Crippen molar-refractivity contribution < 1.29 is 22.6 Å². The summed E-state index contributed by atoms with van der Waals surface area (Å²) in [5.41, 5.74) is 3.18. The van der Waals surface area contributed by atoms with Gasteiger partial charge in [0.25, 0.3) is 0 Å². The largest absolute Gasteiger partial charge is 0.479 e. The van der Waals surface area contributed by atoms with Crippen molar-refractivity contribution in [2.75, 3.05) is 6.61 Å². The van der Waals surface area contributed by atoms with Crippen LogP contribution in [0.3, 0.4) is 0 Å². The Bertz CT molecular complexity index is 827. The molecule has 9 heteroatoms. The molecule has 5 nitrogen and oxygen atoms in total. The third-order valence-electron chi connectivity index (χ3n) is 5.39. The van der Waals surface area contributed by atoms with Gasteiger partial charge in [-0.15, -0.1) is 0 Å². The van der Waals surface area contributed by atoms with Gasteiger partial charge >= 0.3 is 6.18 Å². The predicted molar refractivity (Wildman–Crippen MR) is 97.3 cm³/mol. The molecule has 4 heterocycles. The number of pyridine rings is 1. The zero-order chi connectivity index (χ0) is 20.1. The smallest absolute Gasteiger partial charge is 0.392 e. The van der Waals surface area contributed by atoms with E-state index in [0.29, 0.717) is 17.6 Å². The Morgan fingerprint density at radius 3 is 2.93 bits per heavy atom. The number of aromatic nitrogens is 1. The van der Waals surface area contributed by atoms with Gasteiger partial charge in [-0.3, -0.25) is 4.90 Å². The standard InChI is InChI=1S/C19H21ClF3N3O2/c1-10-12(3-4-15(25-10)27-8-6-19(21,22)23)11(2)26-9-14-13(16-18(26)28-16)5-7-24-17(14)20/h3-5,7,10-11,16,18,25H,6,8-9H2,1-2H3. The van der Waals surface area contributed by atoms with Crippen LogP contribution in [0, 0.1) is 0 Å². The van der Waals surface area contributed by atoms with E-state index in [9.17, 15) is 13.2 Å². The Hall–Kier alpha value is -1.77. The van der Waals surface area contributed by atoms with E-state index >= 15 is 0 Å². The van der Waals surface area contributed by atoms with Crippen molar-refractivity contribution in [2.45, 2.75) is 57.4 Å². The lowest BCUT2D eigenvalue weighted by molar-refractivity contribution is -0.142. The molecule has 1 aromatic heterocycles. The van der Waals surface area contributed by atoms with Crippen molar-refractivity contribution in [2.24, 2.45) is 0 Å². The summed E-state index contributed by atoms with van der Waals surface area (Å²) in [4.78, 5) is 6.40. The number of epoxide rings is 1. The first-order valence-electron chi connectivity index (χ1n) is 9.17. The van der Waals surface area contributed by atoms with Gasteiger partial charge in [-0.25, -0.2) is 4.98 Å². The Kier molecular flexibility index (Phi) is 5.05. The molecule has 1 saturated heterocycles. The van der Waals surface area contributed by atoms with E-state index in [0.717, 1.165) is 16.7 Å². The molecule has 28 heavy (non-hydrogen) atoms. The average Bonchev–Trinajstić information content (AvgIpc) is 3.41. The SMILES string of the molecule is CC1NC(OCCC(F)(F)F)=CC=C1C(C)N1Cc2c(ccnc2Cl)C2OC21. The zero-order valence-electron chi connectivity index (χ0n) is 15.5. The number of rotatable bonds is 5. The topological polar surface area (TPSA) is 49.9 Å². The summed E-state index contributed by atoms with van der Waals surface area (Å²) in [6.45, 7) is 4.27. The van der Waals surface area contributed by atoms with Crippen LogP contribution in [0.1, 0.15) is 37.5 Å². The normalized spacial score (nSPS) is 27.7. The molecule has 1 aromatic rings. The molecule has 1 fully saturated rings. The van der Waals surface area contributed by atoms with E-state index in [1.54, 1.807) is 12.3 Å². The quantitative estimate of drug-likeness (QED) is 0.580. The zero-order valence-corrected chi connectivity index (χ0v) is 16.2. The lowest BCUT2D eigenvalue weighted by Crippen LogP contribution is -2.44. The highest BCUT2D eigenvalue weighted by molar-refractivity contribution is 6.30. The lowest BCUT2D eigenvalue weighted by Gasteiger charge is -2.36. The van der Waals surface area contributed by atoms with Crippen LogP contribution in [0.2, 0.25) is 5.15 Å². The summed E-state index contributed by atoms with van der Waals surface area (Å²) >= 11 is 6.28. The maximum Gasteiger partial charge on any atom is 0.392 e. The molecule has 0 radical (unpaired) electrons. The lowest BCUT2D eigenvalue weighted by atomic mass is 9.94. The molecule has 0 aromatic carbocycles. The molecule has 152 valence electrons. The van der Waals surface area contributed by atoms with Crippen LogP contribution in [0.4, 0.5) is 13.2 Å². The minimum absolute atomic E-state index is 0.00230. The van der Waals surface area contributed by atoms with Gasteiger partial charge in [0.05, 0.1) is 13.0 Å². The van der Waals surface area contributed by atoms with Crippen LogP contribution in [0.5, 0.6) is 0 Å². The van der Waals surface area contributed by atoms with Crippen molar-refractivity contribution in [1.82, 2.24) is 15.2 Å². The summed E-state index contributed by atoms with van der Waals surface area (Å²) in [5.74, 6) is 0.351. The number of nitrogens with one attached hydrogen (secondary N) is 1. The minimum atomic E-state index is -4.22. The fraction of sp³-hybridized carbons (Fsp3) is 0.526. The van der Waals surface area contributed by atoms with Gasteiger partial charge in [0.15, 0.2) is 5.88 Å². The summed E-state index contributed by atoms with van der Waals surface area (Å²) in [6.07, 6.45) is 0.0955. The molecule has 0 aliphatic carbocycles. The maximum absolute atomic E-state index is 12.3. The van der Waals surface area contributed by atoms with E-state index in [-0.39, 0.29) is 24.4 Å². The molecule has 3 aliphatic rings. The highest BCUT2D eigenvalue weighted by Gasteiger charge is 2.51. The summed E-state index contributed by atoms with van der Waals surface area (Å²) in [6, 6.07) is 1.92. The number of alkyl halides is 3. The maximum atomic E-state index is 12.3. The third-order valence-corrected chi connectivity index (χ3v) is 5.72. The van der Waals surface area contributed by atoms with E-state index in [1.807, 2.05) is 19.1 Å². The molecule has 0 spiro atoms. The van der Waals surface area contributed by atoms with E-state index in [4.69, 9.17) is 21.1 Å². The molecule has 4 unspecified atom stereocenters. The van der Waals surface area contributed by atoms with Crippen molar-refractivity contribution in [3.05, 3.63) is 52.2 Å². The highest BCUT2D eigenvalue weighted by atomic mass is 35.5. The van der Waals surface area contributed by atoms with Crippen LogP contribution in [0.25, 0.3) is 0 Å². The Labute approximate surface area is 166 Å². The molecular weight excluding hydrogens is 395 g/mol. The first-order valence-corrected chi connectivity index (χ1v) is 9.55. The number of ether oxygens (including phenoxy) is 2. The fourth-order valence-corrected chi connectivity index (χ4v) is 4.06. The van der Waals surface area contributed by atoms with Crippen LogP contribution in [-0.2, 0) is 16.0 Å². The number of hydrogen-bond donors (Lipinski definition) is 1. The van der Waals surface area contributed by atoms with Crippen LogP contribution in [0.15, 0.2) is 35.9 Å². The van der Waals surface area contributed by atoms with Crippen molar-refractivity contribution >= 4 is 11.6 Å². The fourth-order valence-electron chi connectivity index (χ4n) is 3.84. The molecule has 3 aliphatic heterocycles. The summed E-state index contributed by atoms with van der Waals surface area (Å²) < 4.78 is 47.9. The van der Waals surface area contributed by atoms with Gasteiger partial charge in [0.2, 0.25) is 0 Å². The second-order valence-electron chi connectivity index (χ2n) is 7.24. The van der Waals surface area contributed by atoms with Crippen molar-refractivity contribution in [3.63, 3.8) is 0 Å². The van der Waals surface area contributed by atoms with Crippen LogP contribution in [-0.4, -0.2) is 41.0 Å². The predicted octanol–water partition coefficient (Wildman–Crippen LogP) is 4.07. The molecular formula is C19H21ClF3N3O2. The number of nitrogens with zero attached hydrogens (tertiary/aromatic N) is 2. The van der Waals surface area contributed by atoms with Gasteiger partial charge < -0.3 is 14.8 Å². The Balaban J connectivity index is 1.45. The second-order valence-corrected chi connectivity index (χ2v) is 7.60. The molecule has 1 N–H and O–H groups in total. The first-order chi connectivity index (χ1) is 13.2. The van der Waals surface area contributed by atoms with Gasteiger partial charge in [-0.05, 0) is 37.1 Å². The van der Waals surface area contributed by atoms with Gasteiger partial charge in [0.1, 0.15) is 17.5 Å². The van der Waals surface area contributed by atoms with Gasteiger partial charge in [0, 0.05) is 30.4 Å². The Morgan fingerprint density at radius 2 is 2.21 bits per heavy atom. The second kappa shape index (κ2) is 7.24. The number of dihydropyridines is 1. The van der Waals surface area contributed by atoms with E-state index in [1.165, 1.54) is 0 Å². The first kappa shape index (κ1) is 19.5. The number of halogens is 4. The average molecular weight is 416 g/mol.